The van der Waals surface area contributed by atoms with Gasteiger partial charge in [-0.05, 0) is 31.0 Å². The minimum atomic E-state index is -0.871. The van der Waals surface area contributed by atoms with E-state index in [0.717, 1.165) is 12.8 Å². The number of hydrogen-bond acceptors (Lipinski definition) is 4. The minimum Gasteiger partial charge on any atom is -0.481 e. The number of carbonyl (C=O) groups is 3. The van der Waals surface area contributed by atoms with Crippen LogP contribution in [0.1, 0.15) is 23.2 Å². The zero-order valence-electron chi connectivity index (χ0n) is 12.5. The van der Waals surface area contributed by atoms with Gasteiger partial charge in [-0.2, -0.15) is 0 Å². The Bertz CT molecular complexity index is 590. The molecule has 7 nitrogen and oxygen atoms in total. The van der Waals surface area contributed by atoms with Gasteiger partial charge in [-0.3, -0.25) is 9.59 Å². The molecule has 0 aromatic heterocycles. The van der Waals surface area contributed by atoms with Crippen LogP contribution in [0.4, 0.5) is 10.5 Å². The first-order chi connectivity index (χ1) is 11.0. The highest BCUT2D eigenvalue weighted by Crippen LogP contribution is 2.19. The smallest absolute Gasteiger partial charge is 0.319 e. The van der Waals surface area contributed by atoms with Crippen molar-refractivity contribution in [3.8, 4) is 0 Å². The second-order valence-electron chi connectivity index (χ2n) is 5.16. The van der Waals surface area contributed by atoms with Crippen LogP contribution in [0.2, 0.25) is 0 Å². The van der Waals surface area contributed by atoms with Gasteiger partial charge in [-0.15, -0.1) is 11.8 Å². The van der Waals surface area contributed by atoms with E-state index in [1.165, 1.54) is 11.8 Å². The molecule has 1 aromatic rings. The summed E-state index contributed by atoms with van der Waals surface area (Å²) in [5.41, 5.74) is 0.994. The summed E-state index contributed by atoms with van der Waals surface area (Å²) in [4.78, 5) is 34.0. The first-order valence-electron chi connectivity index (χ1n) is 7.30. The van der Waals surface area contributed by atoms with Crippen LogP contribution in [-0.2, 0) is 4.79 Å². The van der Waals surface area contributed by atoms with Crippen molar-refractivity contribution >= 4 is 35.4 Å². The molecule has 0 saturated heterocycles. The van der Waals surface area contributed by atoms with E-state index in [1.54, 1.807) is 24.3 Å². The Hall–Kier alpha value is -2.22. The molecule has 1 aliphatic rings. The molecule has 1 aromatic carbocycles. The molecule has 1 saturated carbocycles. The van der Waals surface area contributed by atoms with Crippen molar-refractivity contribution in [1.29, 1.82) is 0 Å². The molecule has 0 aliphatic heterocycles. The molecule has 4 N–H and O–H groups in total. The first kappa shape index (κ1) is 17.1. The lowest BCUT2D eigenvalue weighted by molar-refractivity contribution is -0.133. The molecular weight excluding hydrogens is 318 g/mol. The van der Waals surface area contributed by atoms with Crippen LogP contribution in [0.25, 0.3) is 0 Å². The Balaban J connectivity index is 1.77. The maximum Gasteiger partial charge on any atom is 0.319 e. The SMILES string of the molecule is O=C(O)CSCCNC(=O)c1cccc(NC(=O)NC2CC2)c1. The van der Waals surface area contributed by atoms with Gasteiger partial charge in [0.15, 0.2) is 0 Å². The molecule has 3 amide bonds. The highest BCUT2D eigenvalue weighted by Gasteiger charge is 2.23. The van der Waals surface area contributed by atoms with Gasteiger partial charge in [0.25, 0.3) is 5.91 Å². The Morgan fingerprint density at radius 3 is 2.74 bits per heavy atom. The van der Waals surface area contributed by atoms with Gasteiger partial charge in [-0.25, -0.2) is 4.79 Å². The van der Waals surface area contributed by atoms with Crippen LogP contribution in [0.5, 0.6) is 0 Å². The molecule has 2 rings (SSSR count). The molecule has 0 unspecified atom stereocenters. The fourth-order valence-electron chi connectivity index (χ4n) is 1.82. The van der Waals surface area contributed by atoms with Crippen LogP contribution in [0.3, 0.4) is 0 Å². The Morgan fingerprint density at radius 1 is 1.26 bits per heavy atom. The van der Waals surface area contributed by atoms with Crippen LogP contribution in [0, 0.1) is 0 Å². The maximum absolute atomic E-state index is 12.0. The molecule has 1 fully saturated rings. The van der Waals surface area contributed by atoms with Crippen LogP contribution < -0.4 is 16.0 Å². The van der Waals surface area contributed by atoms with Crippen molar-refractivity contribution in [2.75, 3.05) is 23.4 Å². The molecular formula is C15H19N3O4S. The van der Waals surface area contributed by atoms with E-state index in [2.05, 4.69) is 16.0 Å². The Morgan fingerprint density at radius 2 is 2.04 bits per heavy atom. The number of rotatable bonds is 8. The van der Waals surface area contributed by atoms with Gasteiger partial charge >= 0.3 is 12.0 Å². The van der Waals surface area contributed by atoms with E-state index < -0.39 is 5.97 Å². The highest BCUT2D eigenvalue weighted by atomic mass is 32.2. The van der Waals surface area contributed by atoms with Crippen molar-refractivity contribution in [2.24, 2.45) is 0 Å². The number of carboxylic acid groups (broad SMARTS) is 1. The van der Waals surface area contributed by atoms with Crippen molar-refractivity contribution in [3.63, 3.8) is 0 Å². The van der Waals surface area contributed by atoms with Gasteiger partial charge in [0, 0.05) is 29.6 Å². The van der Waals surface area contributed by atoms with E-state index in [1.807, 2.05) is 0 Å². The fourth-order valence-corrected chi connectivity index (χ4v) is 2.38. The number of thioether (sulfide) groups is 1. The molecule has 23 heavy (non-hydrogen) atoms. The average Bonchev–Trinajstić information content (AvgIpc) is 3.30. The summed E-state index contributed by atoms with van der Waals surface area (Å²) >= 11 is 1.24. The van der Waals surface area contributed by atoms with Crippen LogP contribution >= 0.6 is 11.8 Å². The number of carboxylic acids is 1. The van der Waals surface area contributed by atoms with Gasteiger partial charge < -0.3 is 21.1 Å². The van der Waals surface area contributed by atoms with Gasteiger partial charge in [0.1, 0.15) is 0 Å². The number of carbonyl (C=O) groups excluding carboxylic acids is 2. The number of anilines is 1. The normalized spacial score (nSPS) is 13.2. The fraction of sp³-hybridized carbons (Fsp3) is 0.400. The molecule has 1 aliphatic carbocycles. The number of urea groups is 1. The standard InChI is InChI=1S/C15H19N3O4S/c19-13(20)9-23-7-6-16-14(21)10-2-1-3-12(8-10)18-15(22)17-11-4-5-11/h1-3,8,11H,4-7,9H2,(H,16,21)(H,19,20)(H2,17,18,22). The van der Waals surface area contributed by atoms with Gasteiger partial charge in [0.2, 0.25) is 0 Å². The topological polar surface area (TPSA) is 108 Å². The molecule has 0 radical (unpaired) electrons. The van der Waals surface area contributed by atoms with E-state index in [0.29, 0.717) is 23.5 Å². The molecule has 8 heteroatoms. The third kappa shape index (κ3) is 6.60. The number of benzene rings is 1. The summed E-state index contributed by atoms with van der Waals surface area (Å²) in [6.45, 7) is 0.386. The van der Waals surface area contributed by atoms with Crippen molar-refractivity contribution in [1.82, 2.24) is 10.6 Å². The van der Waals surface area contributed by atoms with Gasteiger partial charge in [-0.1, -0.05) is 6.07 Å². The lowest BCUT2D eigenvalue weighted by atomic mass is 10.2. The second-order valence-corrected chi connectivity index (χ2v) is 6.26. The van der Waals surface area contributed by atoms with Gasteiger partial charge in [0.05, 0.1) is 5.75 Å². The molecule has 0 bridgehead atoms. The number of aliphatic carboxylic acids is 1. The predicted molar refractivity (Wildman–Crippen MR) is 88.9 cm³/mol. The molecule has 0 atom stereocenters. The quantitative estimate of drug-likeness (QED) is 0.538. The van der Waals surface area contributed by atoms with Crippen molar-refractivity contribution in [2.45, 2.75) is 18.9 Å². The van der Waals surface area contributed by atoms with Crippen molar-refractivity contribution in [3.05, 3.63) is 29.8 Å². The van der Waals surface area contributed by atoms with E-state index in [-0.39, 0.29) is 23.7 Å². The third-order valence-corrected chi connectivity index (χ3v) is 4.00. The third-order valence-electron chi connectivity index (χ3n) is 3.05. The van der Waals surface area contributed by atoms with E-state index in [4.69, 9.17) is 5.11 Å². The predicted octanol–water partition coefficient (Wildman–Crippen LogP) is 1.52. The lowest BCUT2D eigenvalue weighted by Crippen LogP contribution is -2.30. The second kappa shape index (κ2) is 8.42. The first-order valence-corrected chi connectivity index (χ1v) is 8.45. The number of amides is 3. The summed E-state index contributed by atoms with van der Waals surface area (Å²) in [6, 6.07) is 6.67. The lowest BCUT2D eigenvalue weighted by Gasteiger charge is -2.09. The molecule has 124 valence electrons. The van der Waals surface area contributed by atoms with Crippen LogP contribution in [-0.4, -0.2) is 47.1 Å². The van der Waals surface area contributed by atoms with E-state index >= 15 is 0 Å². The monoisotopic (exact) mass is 337 g/mol. The average molecular weight is 337 g/mol. The Labute approximate surface area is 138 Å². The summed E-state index contributed by atoms with van der Waals surface area (Å²) < 4.78 is 0. The summed E-state index contributed by atoms with van der Waals surface area (Å²) in [6.07, 6.45) is 2.02. The zero-order valence-corrected chi connectivity index (χ0v) is 13.3. The summed E-state index contributed by atoms with van der Waals surface area (Å²) in [7, 11) is 0. The minimum absolute atomic E-state index is 0.0192. The Kier molecular flexibility index (Phi) is 6.28. The summed E-state index contributed by atoms with van der Waals surface area (Å²) in [5.74, 6) is -0.581. The van der Waals surface area contributed by atoms with Crippen LogP contribution in [0.15, 0.2) is 24.3 Å². The molecule has 0 heterocycles. The summed E-state index contributed by atoms with van der Waals surface area (Å²) in [5, 5.41) is 16.7. The number of hydrogen-bond donors (Lipinski definition) is 4. The number of nitrogens with one attached hydrogen (secondary N) is 3. The zero-order chi connectivity index (χ0) is 16.7. The van der Waals surface area contributed by atoms with Crippen molar-refractivity contribution < 1.29 is 19.5 Å². The maximum atomic E-state index is 12.0. The highest BCUT2D eigenvalue weighted by molar-refractivity contribution is 7.99. The largest absolute Gasteiger partial charge is 0.481 e. The van der Waals surface area contributed by atoms with E-state index in [9.17, 15) is 14.4 Å². The molecule has 0 spiro atoms.